The van der Waals surface area contributed by atoms with Crippen molar-refractivity contribution in [2.75, 3.05) is 52.6 Å². The monoisotopic (exact) mass is 694 g/mol. The minimum Gasteiger partial charge on any atom is -0.463 e. The van der Waals surface area contributed by atoms with Gasteiger partial charge in [0.15, 0.2) is 11.6 Å². The Morgan fingerprint density at radius 2 is 0.917 bits per heavy atom. The van der Waals surface area contributed by atoms with Crippen LogP contribution in [0, 0.1) is 29.6 Å². The van der Waals surface area contributed by atoms with Crippen LogP contribution < -0.4 is 0 Å². The first-order valence-corrected chi connectivity index (χ1v) is 18.9. The van der Waals surface area contributed by atoms with Crippen LogP contribution >= 0.6 is 11.6 Å². The van der Waals surface area contributed by atoms with Crippen LogP contribution in [-0.2, 0) is 33.4 Å². The van der Waals surface area contributed by atoms with Gasteiger partial charge in [-0.1, -0.05) is 38.5 Å². The average molecular weight is 695 g/mol. The zero-order valence-corrected chi connectivity index (χ0v) is 29.1. The van der Waals surface area contributed by atoms with Crippen molar-refractivity contribution in [2.45, 2.75) is 114 Å². The summed E-state index contributed by atoms with van der Waals surface area (Å²) in [6, 6.07) is 0. The van der Waals surface area contributed by atoms with Crippen molar-refractivity contribution in [3.63, 3.8) is 0 Å². The van der Waals surface area contributed by atoms with E-state index in [1.54, 1.807) is 0 Å². The summed E-state index contributed by atoms with van der Waals surface area (Å²) < 4.78 is 11.3. The van der Waals surface area contributed by atoms with E-state index < -0.39 is 11.1 Å². The third kappa shape index (κ3) is 8.01. The molecule has 9 fully saturated rings. The van der Waals surface area contributed by atoms with Gasteiger partial charge < -0.3 is 19.7 Å². The normalized spacial score (nSPS) is 30.7. The van der Waals surface area contributed by atoms with Crippen molar-refractivity contribution in [3.05, 3.63) is 0 Å². The molecule has 0 spiro atoms. The molecule has 0 aromatic rings. The Bertz CT molecular complexity index is 1110. The van der Waals surface area contributed by atoms with Crippen LogP contribution in [-0.4, -0.2) is 112 Å². The first kappa shape index (κ1) is 37.3. The smallest absolute Gasteiger partial charge is 0.309 e. The number of nitrogens with zero attached hydrogens (tertiary/aromatic N) is 2. The zero-order chi connectivity index (χ0) is 34.3. The summed E-state index contributed by atoms with van der Waals surface area (Å²) in [5, 5.41) is 18.3. The highest BCUT2D eigenvalue weighted by Crippen LogP contribution is 2.39. The van der Waals surface area contributed by atoms with Crippen molar-refractivity contribution in [1.82, 2.24) is 9.80 Å². The number of Topliss-reactive ketones (excluding diaryl/α,β-unsaturated/α-hetero) is 2. The van der Waals surface area contributed by atoms with Crippen LogP contribution in [0.4, 0.5) is 0 Å². The van der Waals surface area contributed by atoms with E-state index in [0.717, 1.165) is 116 Å². The Balaban J connectivity index is 0.000000176. The summed E-state index contributed by atoms with van der Waals surface area (Å²) >= 11 is 5.25. The van der Waals surface area contributed by atoms with Crippen LogP contribution in [0.25, 0.3) is 0 Å². The lowest BCUT2D eigenvalue weighted by Gasteiger charge is -2.51. The number of halogens is 1. The molecular formula is C36H55ClN2O9. The van der Waals surface area contributed by atoms with Crippen LogP contribution in [0.2, 0.25) is 0 Å². The van der Waals surface area contributed by atoms with Gasteiger partial charge in [0.05, 0.1) is 25.0 Å². The molecule has 0 radical (unpaired) electrons. The van der Waals surface area contributed by atoms with E-state index in [-0.39, 0.29) is 84.8 Å². The minimum absolute atomic E-state index is 0.00497. The summed E-state index contributed by atoms with van der Waals surface area (Å²) in [7, 11) is 0. The predicted molar refractivity (Wildman–Crippen MR) is 177 cm³/mol. The molecule has 0 aromatic carbocycles. The Hall–Kier alpha value is -1.92. The van der Waals surface area contributed by atoms with E-state index in [2.05, 4.69) is 4.90 Å². The number of aliphatic hydroxyl groups excluding tert-OH is 2. The maximum atomic E-state index is 13.2. The van der Waals surface area contributed by atoms with Crippen LogP contribution in [0.15, 0.2) is 0 Å². The second kappa shape index (κ2) is 16.9. The van der Waals surface area contributed by atoms with E-state index in [4.69, 9.17) is 21.1 Å². The van der Waals surface area contributed by atoms with Gasteiger partial charge in [-0.2, -0.15) is 0 Å². The maximum absolute atomic E-state index is 13.2. The lowest BCUT2D eigenvalue weighted by atomic mass is 9.74. The molecule has 6 heterocycles. The number of ether oxygens (including phenoxy) is 2. The highest BCUT2D eigenvalue weighted by Gasteiger charge is 2.55. The fourth-order valence-electron chi connectivity index (χ4n) is 9.08. The second-order valence-electron chi connectivity index (χ2n) is 15.1. The molecular weight excluding hydrogens is 640 g/mol. The minimum atomic E-state index is -0.969. The number of carbonyl (C=O) groups excluding carboxylic acids is 5. The second-order valence-corrected chi connectivity index (χ2v) is 15.5. The highest BCUT2D eigenvalue weighted by molar-refractivity contribution is 6.64. The molecule has 270 valence electrons. The summed E-state index contributed by atoms with van der Waals surface area (Å²) in [6.07, 6.45) is 15.7. The molecule has 9 rings (SSSR count). The molecule has 3 aliphatic carbocycles. The lowest BCUT2D eigenvalue weighted by Crippen LogP contribution is -2.69. The fourth-order valence-corrected chi connectivity index (χ4v) is 9.29. The van der Waals surface area contributed by atoms with Gasteiger partial charge in [-0.05, 0) is 88.9 Å². The Kier molecular flexibility index (Phi) is 13.1. The number of hydrogen-bond donors (Lipinski definition) is 2. The third-order valence-corrected chi connectivity index (χ3v) is 12.7. The largest absolute Gasteiger partial charge is 0.463 e. The lowest BCUT2D eigenvalue weighted by molar-refractivity contribution is -0.175. The van der Waals surface area contributed by atoms with Crippen LogP contribution in [0.1, 0.15) is 103 Å². The summed E-state index contributed by atoms with van der Waals surface area (Å²) in [5.74, 6) is -0.0448. The van der Waals surface area contributed by atoms with Crippen molar-refractivity contribution in [1.29, 1.82) is 0 Å². The highest BCUT2D eigenvalue weighted by atomic mass is 35.5. The molecule has 0 aromatic heterocycles. The van der Waals surface area contributed by atoms with Crippen LogP contribution in [0.5, 0.6) is 0 Å². The standard InChI is InChI=1S/C21H31NO5.C9H15NO3.C6H9ClO/c23-18-15-9-11-22(12-10-15)21(18,13-26-19(24)16-5-1-2-6-16)14-27-20(25)17-7-3-4-8-17;11-5-9(6-12)8(13)7-1-3-10(9)4-2-7;7-6(8)5-3-1-2-4-5/h15-17H,1-14H2;7,11-12H,1-6H2;5H,1-4H2. The molecule has 6 aliphatic heterocycles. The Labute approximate surface area is 289 Å². The Morgan fingerprint density at radius 1 is 0.583 bits per heavy atom. The number of fused-ring (bicyclic) bond motifs is 6. The van der Waals surface area contributed by atoms with Gasteiger partial charge in [0.1, 0.15) is 24.3 Å². The molecule has 0 amide bonds. The van der Waals surface area contributed by atoms with Crippen molar-refractivity contribution >= 4 is 40.3 Å². The van der Waals surface area contributed by atoms with E-state index in [9.17, 15) is 34.2 Å². The predicted octanol–water partition coefficient (Wildman–Crippen LogP) is 3.43. The molecule has 0 atom stereocenters. The Morgan fingerprint density at radius 3 is 1.19 bits per heavy atom. The first-order valence-electron chi connectivity index (χ1n) is 18.5. The third-order valence-electron chi connectivity index (χ3n) is 12.3. The summed E-state index contributed by atoms with van der Waals surface area (Å²) in [4.78, 5) is 64.3. The zero-order valence-electron chi connectivity index (χ0n) is 28.4. The quantitative estimate of drug-likeness (QED) is 0.270. The van der Waals surface area contributed by atoms with Crippen molar-refractivity contribution in [3.8, 4) is 0 Å². The van der Waals surface area contributed by atoms with E-state index in [1.807, 2.05) is 4.90 Å². The number of hydrogen-bond acceptors (Lipinski definition) is 11. The number of esters is 2. The number of carbonyl (C=O) groups is 5. The molecule has 9 aliphatic rings. The number of ketones is 2. The summed E-state index contributed by atoms with van der Waals surface area (Å²) in [5.41, 5.74) is -1.93. The van der Waals surface area contributed by atoms with Gasteiger partial charge >= 0.3 is 11.9 Å². The number of piperidine rings is 6. The summed E-state index contributed by atoms with van der Waals surface area (Å²) in [6.45, 7) is 2.81. The van der Waals surface area contributed by atoms with Crippen LogP contribution in [0.3, 0.4) is 0 Å². The van der Waals surface area contributed by atoms with E-state index in [1.165, 1.54) is 12.8 Å². The van der Waals surface area contributed by atoms with Gasteiger partial charge in [-0.15, -0.1) is 0 Å². The average Bonchev–Trinajstić information content (AvgIpc) is 3.94. The molecule has 3 saturated carbocycles. The molecule has 12 heteroatoms. The molecule has 11 nitrogen and oxygen atoms in total. The molecule has 2 N–H and O–H groups in total. The molecule has 0 unspecified atom stereocenters. The topological polar surface area (TPSA) is 151 Å². The first-order chi connectivity index (χ1) is 23.1. The van der Waals surface area contributed by atoms with Gasteiger partial charge in [0.2, 0.25) is 5.24 Å². The van der Waals surface area contributed by atoms with Crippen molar-refractivity contribution < 1.29 is 43.7 Å². The number of aliphatic hydroxyl groups is 2. The van der Waals surface area contributed by atoms with Gasteiger partial charge in [0.25, 0.3) is 0 Å². The van der Waals surface area contributed by atoms with Gasteiger partial charge in [-0.3, -0.25) is 33.8 Å². The molecule has 48 heavy (non-hydrogen) atoms. The fraction of sp³-hybridized carbons (Fsp3) is 0.861. The van der Waals surface area contributed by atoms with E-state index in [0.29, 0.717) is 0 Å². The maximum Gasteiger partial charge on any atom is 0.309 e. The molecule has 6 saturated heterocycles. The number of rotatable bonds is 9. The van der Waals surface area contributed by atoms with Gasteiger partial charge in [0, 0.05) is 30.8 Å². The SMILES string of the molecule is O=C(Cl)C1CCCC1.O=C(OCC1(COC(=O)C2CCCC2)C(=O)C2CCN1CC2)C1CCCC1.O=C1C2CCN(CC2)C1(CO)CO. The van der Waals surface area contributed by atoms with Gasteiger partial charge in [-0.25, -0.2) is 0 Å². The molecule has 4 bridgehead atoms. The van der Waals surface area contributed by atoms with E-state index >= 15 is 0 Å². The van der Waals surface area contributed by atoms with Crippen molar-refractivity contribution in [2.24, 2.45) is 29.6 Å².